The van der Waals surface area contributed by atoms with E-state index in [-0.39, 0.29) is 0 Å². The zero-order valence-electron chi connectivity index (χ0n) is 17.8. The lowest BCUT2D eigenvalue weighted by atomic mass is 10.1. The van der Waals surface area contributed by atoms with E-state index in [0.29, 0.717) is 5.82 Å². The van der Waals surface area contributed by atoms with Crippen molar-refractivity contribution in [3.05, 3.63) is 119 Å². The fourth-order valence-corrected chi connectivity index (χ4v) is 4.77. The number of benzene rings is 3. The van der Waals surface area contributed by atoms with Gasteiger partial charge in [0, 0.05) is 27.1 Å². The van der Waals surface area contributed by atoms with Crippen molar-refractivity contribution >= 4 is 32.9 Å². The molecular formula is C29H20BrN3. The summed E-state index contributed by atoms with van der Waals surface area (Å²) in [5.41, 5.74) is 6.57. The first kappa shape index (κ1) is 19.9. The quantitative estimate of drug-likeness (QED) is 0.260. The predicted molar refractivity (Wildman–Crippen MR) is 139 cm³/mol. The molecule has 3 aromatic carbocycles. The van der Waals surface area contributed by atoms with Crippen molar-refractivity contribution in [3.8, 4) is 28.5 Å². The summed E-state index contributed by atoms with van der Waals surface area (Å²) in [6.07, 6.45) is 9.49. The average molecular weight is 490 g/mol. The maximum absolute atomic E-state index is 5.07. The summed E-state index contributed by atoms with van der Waals surface area (Å²) in [6, 6.07) is 29.0. The third-order valence-electron chi connectivity index (χ3n) is 5.94. The molecule has 1 aliphatic carbocycles. The third kappa shape index (κ3) is 3.62. The third-order valence-corrected chi connectivity index (χ3v) is 6.44. The van der Waals surface area contributed by atoms with Gasteiger partial charge in [-0.3, -0.25) is 4.57 Å². The molecule has 0 atom stereocenters. The molecule has 33 heavy (non-hydrogen) atoms. The Kier molecular flexibility index (Phi) is 5.00. The van der Waals surface area contributed by atoms with Gasteiger partial charge in [0.1, 0.15) is 5.82 Å². The Morgan fingerprint density at radius 3 is 2.30 bits per heavy atom. The number of nitrogens with zero attached hydrogens (tertiary/aromatic N) is 3. The van der Waals surface area contributed by atoms with Gasteiger partial charge in [0.25, 0.3) is 0 Å². The Morgan fingerprint density at radius 1 is 0.758 bits per heavy atom. The minimum absolute atomic E-state index is 0.716. The molecule has 0 radical (unpaired) electrons. The van der Waals surface area contributed by atoms with Crippen LogP contribution in [0.2, 0.25) is 0 Å². The Morgan fingerprint density at radius 2 is 1.52 bits per heavy atom. The van der Waals surface area contributed by atoms with Crippen LogP contribution >= 0.6 is 15.9 Å². The van der Waals surface area contributed by atoms with Crippen LogP contribution in [-0.4, -0.2) is 14.5 Å². The summed E-state index contributed by atoms with van der Waals surface area (Å²) in [6.45, 7) is 0. The molecule has 2 aromatic heterocycles. The normalized spacial score (nSPS) is 12.6. The molecule has 6 rings (SSSR count). The molecule has 2 heterocycles. The second kappa shape index (κ2) is 8.30. The Hall–Kier alpha value is -3.76. The molecule has 0 saturated heterocycles. The molecule has 3 nitrogen and oxygen atoms in total. The molecule has 0 spiro atoms. The van der Waals surface area contributed by atoms with Crippen molar-refractivity contribution in [2.75, 3.05) is 0 Å². The van der Waals surface area contributed by atoms with E-state index in [1.54, 1.807) is 0 Å². The van der Waals surface area contributed by atoms with E-state index in [4.69, 9.17) is 9.97 Å². The van der Waals surface area contributed by atoms with Gasteiger partial charge in [-0.15, -0.1) is 0 Å². The molecule has 0 unspecified atom stereocenters. The average Bonchev–Trinajstić information content (AvgIpc) is 2.99. The zero-order valence-corrected chi connectivity index (χ0v) is 19.4. The molecule has 0 saturated carbocycles. The Balaban J connectivity index is 1.68. The number of hydrogen-bond acceptors (Lipinski definition) is 2. The van der Waals surface area contributed by atoms with Crippen LogP contribution in [0.5, 0.6) is 0 Å². The van der Waals surface area contributed by atoms with E-state index in [1.165, 1.54) is 10.9 Å². The summed E-state index contributed by atoms with van der Waals surface area (Å²) in [5, 5.41) is 1.24. The van der Waals surface area contributed by atoms with Crippen LogP contribution < -0.4 is 0 Å². The highest BCUT2D eigenvalue weighted by Crippen LogP contribution is 2.35. The van der Waals surface area contributed by atoms with Gasteiger partial charge in [0.15, 0.2) is 5.82 Å². The van der Waals surface area contributed by atoms with Gasteiger partial charge in [0.05, 0.1) is 16.9 Å². The topological polar surface area (TPSA) is 30.7 Å². The van der Waals surface area contributed by atoms with Crippen molar-refractivity contribution in [2.45, 2.75) is 6.42 Å². The van der Waals surface area contributed by atoms with Gasteiger partial charge in [-0.05, 0) is 30.2 Å². The highest BCUT2D eigenvalue weighted by molar-refractivity contribution is 9.10. The molecule has 0 fully saturated rings. The molecule has 0 N–H and O–H groups in total. The first-order valence-electron chi connectivity index (χ1n) is 10.9. The fourth-order valence-electron chi connectivity index (χ4n) is 4.42. The summed E-state index contributed by atoms with van der Waals surface area (Å²) >= 11 is 3.67. The van der Waals surface area contributed by atoms with Crippen molar-refractivity contribution in [2.24, 2.45) is 0 Å². The molecule has 4 heteroatoms. The smallest absolute Gasteiger partial charge is 0.162 e. The van der Waals surface area contributed by atoms with Crippen LogP contribution in [0.15, 0.2) is 108 Å². The van der Waals surface area contributed by atoms with E-state index in [9.17, 15) is 0 Å². The number of hydrogen-bond donors (Lipinski definition) is 0. The minimum atomic E-state index is 0.716. The van der Waals surface area contributed by atoms with E-state index < -0.39 is 0 Å². The molecular weight excluding hydrogens is 470 g/mol. The highest BCUT2D eigenvalue weighted by Gasteiger charge is 2.19. The van der Waals surface area contributed by atoms with Crippen LogP contribution in [0, 0.1) is 0 Å². The van der Waals surface area contributed by atoms with E-state index in [0.717, 1.165) is 44.7 Å². The van der Waals surface area contributed by atoms with Crippen LogP contribution in [-0.2, 0) is 6.42 Å². The molecule has 0 amide bonds. The lowest BCUT2D eigenvalue weighted by Crippen LogP contribution is -2.04. The number of rotatable bonds is 3. The van der Waals surface area contributed by atoms with Crippen LogP contribution in [0.1, 0.15) is 11.3 Å². The summed E-state index contributed by atoms with van der Waals surface area (Å²) in [4.78, 5) is 10.0. The summed E-state index contributed by atoms with van der Waals surface area (Å²) < 4.78 is 3.31. The van der Waals surface area contributed by atoms with Crippen molar-refractivity contribution in [1.82, 2.24) is 14.5 Å². The highest BCUT2D eigenvalue weighted by atomic mass is 79.9. The number of allylic oxidation sites excluding steroid dienone is 3. The zero-order chi connectivity index (χ0) is 22.2. The van der Waals surface area contributed by atoms with Gasteiger partial charge in [-0.1, -0.05) is 101 Å². The van der Waals surface area contributed by atoms with Crippen LogP contribution in [0.4, 0.5) is 0 Å². The first-order chi connectivity index (χ1) is 16.3. The summed E-state index contributed by atoms with van der Waals surface area (Å²) in [7, 11) is 0. The maximum atomic E-state index is 5.07. The Labute approximate surface area is 200 Å². The molecule has 1 aliphatic rings. The number of aromatic nitrogens is 3. The second-order valence-corrected chi connectivity index (χ2v) is 8.93. The van der Waals surface area contributed by atoms with Gasteiger partial charge in [0.2, 0.25) is 0 Å². The van der Waals surface area contributed by atoms with E-state index in [1.807, 2.05) is 36.4 Å². The maximum Gasteiger partial charge on any atom is 0.162 e. The van der Waals surface area contributed by atoms with Gasteiger partial charge >= 0.3 is 0 Å². The second-order valence-electron chi connectivity index (χ2n) is 8.02. The van der Waals surface area contributed by atoms with Crippen LogP contribution in [0.3, 0.4) is 0 Å². The molecule has 0 bridgehead atoms. The molecule has 0 aliphatic heterocycles. The van der Waals surface area contributed by atoms with Gasteiger partial charge in [-0.25, -0.2) is 9.97 Å². The van der Waals surface area contributed by atoms with Crippen LogP contribution in [0.25, 0.3) is 45.4 Å². The lowest BCUT2D eigenvalue weighted by molar-refractivity contribution is 1.000. The van der Waals surface area contributed by atoms with Crippen molar-refractivity contribution < 1.29 is 0 Å². The molecule has 158 valence electrons. The van der Waals surface area contributed by atoms with Crippen molar-refractivity contribution in [1.29, 1.82) is 0 Å². The first-order valence-corrected chi connectivity index (χ1v) is 11.7. The van der Waals surface area contributed by atoms with Gasteiger partial charge in [-0.2, -0.15) is 0 Å². The predicted octanol–water partition coefficient (Wildman–Crippen LogP) is 7.64. The lowest BCUT2D eigenvalue weighted by Gasteiger charge is -2.13. The monoisotopic (exact) mass is 489 g/mol. The van der Waals surface area contributed by atoms with E-state index >= 15 is 0 Å². The number of fused-ring (bicyclic) bond motifs is 3. The minimum Gasteiger partial charge on any atom is -0.294 e. The largest absolute Gasteiger partial charge is 0.294 e. The van der Waals surface area contributed by atoms with Gasteiger partial charge < -0.3 is 0 Å². The molecule has 5 aromatic rings. The fraction of sp³-hybridized carbons (Fsp3) is 0.0345. The summed E-state index contributed by atoms with van der Waals surface area (Å²) in [5.74, 6) is 1.58. The SMILES string of the molecule is Brc1ccc2c3c(n(-c4cc(-c5ccccc5)nc(-c5ccccc5)n4)c2c1)C=CC=CC3. The Bertz CT molecular complexity index is 1470. The number of halogens is 1. The van der Waals surface area contributed by atoms with Crippen molar-refractivity contribution in [3.63, 3.8) is 0 Å². The van der Waals surface area contributed by atoms with E-state index in [2.05, 4.69) is 93.3 Å². The standard InChI is InChI=1S/C29H20BrN3/c30-22-16-17-24-23-14-8-3-9-15-26(23)33(27(24)18-22)28-19-25(20-10-4-1-5-11-20)31-29(32-28)21-12-6-2-7-13-21/h1-13,15-19H,14H2.